The number of Topliss-reactive ketones (excluding diaryl/α,β-unsaturated/α-hetero) is 1. The van der Waals surface area contributed by atoms with Crippen LogP contribution in [0.3, 0.4) is 0 Å². The fraction of sp³-hybridized carbons (Fsp3) is 0.0769. The highest BCUT2D eigenvalue weighted by Gasteiger charge is 2.09. The van der Waals surface area contributed by atoms with Gasteiger partial charge in [0.25, 0.3) is 0 Å². The van der Waals surface area contributed by atoms with E-state index in [4.69, 9.17) is 0 Å². The Hall–Kier alpha value is -1.48. The Balaban J connectivity index is 2.19. The molecule has 0 aliphatic carbocycles. The monoisotopic (exact) mass is 275 g/mol. The lowest BCUT2D eigenvalue weighted by molar-refractivity contribution is 0.0992. The molecule has 0 aliphatic heterocycles. The van der Waals surface area contributed by atoms with Crippen LogP contribution in [0.2, 0.25) is 0 Å². The second-order valence-corrected chi connectivity index (χ2v) is 4.30. The third-order valence-corrected chi connectivity index (χ3v) is 2.95. The molecule has 1 aromatic heterocycles. The van der Waals surface area contributed by atoms with Gasteiger partial charge in [0.2, 0.25) is 0 Å². The molecular formula is C13H10BrNO. The number of hydrogen-bond acceptors (Lipinski definition) is 2. The van der Waals surface area contributed by atoms with Crippen LogP contribution in [0.25, 0.3) is 0 Å². The number of benzene rings is 1. The Kier molecular flexibility index (Phi) is 3.47. The lowest BCUT2D eigenvalue weighted by Gasteiger charge is -2.03. The van der Waals surface area contributed by atoms with Crippen molar-refractivity contribution in [3.05, 3.63) is 64.4 Å². The number of hydrogen-bond donors (Lipinski definition) is 0. The molecule has 1 aromatic carbocycles. The summed E-state index contributed by atoms with van der Waals surface area (Å²) >= 11 is 3.37. The van der Waals surface area contributed by atoms with Crippen LogP contribution in [0.4, 0.5) is 0 Å². The van der Waals surface area contributed by atoms with Crippen molar-refractivity contribution < 1.29 is 4.79 Å². The largest absolute Gasteiger partial charge is 0.294 e. The van der Waals surface area contributed by atoms with Crippen molar-refractivity contribution in [3.63, 3.8) is 0 Å². The number of nitrogens with zero attached hydrogens (tertiary/aromatic N) is 1. The van der Waals surface area contributed by atoms with E-state index in [-0.39, 0.29) is 5.78 Å². The molecule has 0 N–H and O–H groups in total. The summed E-state index contributed by atoms with van der Waals surface area (Å²) in [4.78, 5) is 16.0. The van der Waals surface area contributed by atoms with Crippen LogP contribution >= 0.6 is 15.9 Å². The van der Waals surface area contributed by atoms with Crippen LogP contribution in [-0.4, -0.2) is 10.8 Å². The first-order valence-corrected chi connectivity index (χ1v) is 5.73. The quantitative estimate of drug-likeness (QED) is 0.805. The lowest BCUT2D eigenvalue weighted by atomic mass is 10.0. The van der Waals surface area contributed by atoms with E-state index >= 15 is 0 Å². The first-order chi connectivity index (χ1) is 7.77. The molecule has 3 heteroatoms. The Morgan fingerprint density at radius 1 is 1.19 bits per heavy atom. The number of aromatic nitrogens is 1. The maximum atomic E-state index is 12.0. The highest BCUT2D eigenvalue weighted by molar-refractivity contribution is 9.10. The molecule has 0 unspecified atom stereocenters. The van der Waals surface area contributed by atoms with Crippen molar-refractivity contribution in [2.24, 2.45) is 0 Å². The first-order valence-electron chi connectivity index (χ1n) is 4.94. The summed E-state index contributed by atoms with van der Waals surface area (Å²) < 4.78 is 0.837. The van der Waals surface area contributed by atoms with E-state index in [1.54, 1.807) is 12.4 Å². The van der Waals surface area contributed by atoms with Crippen LogP contribution in [0.15, 0.2) is 53.3 Å². The molecule has 80 valence electrons. The van der Waals surface area contributed by atoms with E-state index < -0.39 is 0 Å². The van der Waals surface area contributed by atoms with Gasteiger partial charge in [-0.1, -0.05) is 40.2 Å². The summed E-state index contributed by atoms with van der Waals surface area (Å²) in [6.07, 6.45) is 3.80. The second-order valence-electron chi connectivity index (χ2n) is 3.44. The molecule has 16 heavy (non-hydrogen) atoms. The Labute approximate surface area is 102 Å². The molecule has 0 radical (unpaired) electrons. The van der Waals surface area contributed by atoms with Gasteiger partial charge in [0, 0.05) is 28.9 Å². The van der Waals surface area contributed by atoms with Gasteiger partial charge in [-0.05, 0) is 17.7 Å². The minimum atomic E-state index is 0.0977. The van der Waals surface area contributed by atoms with Crippen molar-refractivity contribution in [1.29, 1.82) is 0 Å². The van der Waals surface area contributed by atoms with Gasteiger partial charge in [0.15, 0.2) is 5.78 Å². The molecular weight excluding hydrogens is 266 g/mol. The van der Waals surface area contributed by atoms with Crippen molar-refractivity contribution in [1.82, 2.24) is 4.98 Å². The zero-order valence-electron chi connectivity index (χ0n) is 8.56. The fourth-order valence-corrected chi connectivity index (χ4v) is 1.98. The molecule has 0 atom stereocenters. The summed E-state index contributed by atoms with van der Waals surface area (Å²) in [6, 6.07) is 11.2. The normalized spacial score (nSPS) is 10.1. The van der Waals surface area contributed by atoms with Crippen LogP contribution < -0.4 is 0 Å². The molecule has 0 fully saturated rings. The topological polar surface area (TPSA) is 30.0 Å². The summed E-state index contributed by atoms with van der Waals surface area (Å²) in [7, 11) is 0. The number of carbonyl (C=O) groups is 1. The SMILES string of the molecule is O=C(Cc1cccnc1)c1ccccc1Br. The minimum absolute atomic E-state index is 0.0977. The summed E-state index contributed by atoms with van der Waals surface area (Å²) in [5, 5.41) is 0. The fourth-order valence-electron chi connectivity index (χ4n) is 1.47. The van der Waals surface area contributed by atoms with Crippen LogP contribution in [0, 0.1) is 0 Å². The third-order valence-electron chi connectivity index (χ3n) is 2.26. The van der Waals surface area contributed by atoms with E-state index in [0.717, 1.165) is 10.0 Å². The Bertz CT molecular complexity index is 496. The van der Waals surface area contributed by atoms with Gasteiger partial charge in [-0.3, -0.25) is 9.78 Å². The lowest BCUT2D eigenvalue weighted by Crippen LogP contribution is -2.04. The number of carbonyl (C=O) groups excluding carboxylic acids is 1. The molecule has 1 heterocycles. The van der Waals surface area contributed by atoms with Gasteiger partial charge in [-0.15, -0.1) is 0 Å². The number of pyridine rings is 1. The van der Waals surface area contributed by atoms with E-state index in [1.165, 1.54) is 0 Å². The number of halogens is 1. The molecule has 0 bridgehead atoms. The van der Waals surface area contributed by atoms with Crippen LogP contribution in [0.5, 0.6) is 0 Å². The molecule has 0 saturated heterocycles. The van der Waals surface area contributed by atoms with Gasteiger partial charge in [-0.25, -0.2) is 0 Å². The maximum absolute atomic E-state index is 12.0. The highest BCUT2D eigenvalue weighted by Crippen LogP contribution is 2.17. The molecule has 0 amide bonds. The van der Waals surface area contributed by atoms with Gasteiger partial charge in [-0.2, -0.15) is 0 Å². The van der Waals surface area contributed by atoms with Crippen molar-refractivity contribution in [2.75, 3.05) is 0 Å². The number of rotatable bonds is 3. The minimum Gasteiger partial charge on any atom is -0.294 e. The van der Waals surface area contributed by atoms with E-state index in [1.807, 2.05) is 36.4 Å². The third kappa shape index (κ3) is 2.55. The Morgan fingerprint density at radius 3 is 2.69 bits per heavy atom. The van der Waals surface area contributed by atoms with E-state index in [0.29, 0.717) is 12.0 Å². The average molecular weight is 276 g/mol. The van der Waals surface area contributed by atoms with E-state index in [2.05, 4.69) is 20.9 Å². The van der Waals surface area contributed by atoms with Crippen molar-refractivity contribution in [3.8, 4) is 0 Å². The van der Waals surface area contributed by atoms with Crippen LogP contribution in [-0.2, 0) is 6.42 Å². The molecule has 0 saturated carbocycles. The smallest absolute Gasteiger partial charge is 0.168 e. The van der Waals surface area contributed by atoms with Crippen LogP contribution in [0.1, 0.15) is 15.9 Å². The molecule has 0 spiro atoms. The predicted octanol–water partition coefficient (Wildman–Crippen LogP) is 3.27. The summed E-state index contributed by atoms with van der Waals surface area (Å²) in [5.41, 5.74) is 1.65. The molecule has 0 aliphatic rings. The van der Waals surface area contributed by atoms with E-state index in [9.17, 15) is 4.79 Å². The zero-order chi connectivity index (χ0) is 11.4. The maximum Gasteiger partial charge on any atom is 0.168 e. The second kappa shape index (κ2) is 5.03. The van der Waals surface area contributed by atoms with Gasteiger partial charge >= 0.3 is 0 Å². The van der Waals surface area contributed by atoms with Gasteiger partial charge in [0.05, 0.1) is 0 Å². The number of ketones is 1. The summed E-state index contributed by atoms with van der Waals surface area (Å²) in [5.74, 6) is 0.0977. The molecule has 2 nitrogen and oxygen atoms in total. The highest BCUT2D eigenvalue weighted by atomic mass is 79.9. The zero-order valence-corrected chi connectivity index (χ0v) is 10.1. The van der Waals surface area contributed by atoms with Gasteiger partial charge in [0.1, 0.15) is 0 Å². The van der Waals surface area contributed by atoms with Crippen molar-refractivity contribution >= 4 is 21.7 Å². The standard InChI is InChI=1S/C13H10BrNO/c14-12-6-2-1-5-11(12)13(16)8-10-4-3-7-15-9-10/h1-7,9H,8H2. The predicted molar refractivity (Wildman–Crippen MR) is 66.4 cm³/mol. The molecule has 2 aromatic rings. The first kappa shape index (κ1) is 11.0. The average Bonchev–Trinajstić information content (AvgIpc) is 2.31. The molecule has 2 rings (SSSR count). The summed E-state index contributed by atoms with van der Waals surface area (Å²) in [6.45, 7) is 0. The van der Waals surface area contributed by atoms with Crippen molar-refractivity contribution in [2.45, 2.75) is 6.42 Å². The Morgan fingerprint density at radius 2 is 2.00 bits per heavy atom. The van der Waals surface area contributed by atoms with Gasteiger partial charge < -0.3 is 0 Å².